The van der Waals surface area contributed by atoms with E-state index in [1.54, 1.807) is 11.3 Å². The van der Waals surface area contributed by atoms with Gasteiger partial charge in [-0.15, -0.1) is 11.3 Å². The molecule has 0 bridgehead atoms. The fourth-order valence-corrected chi connectivity index (χ4v) is 2.84. The van der Waals surface area contributed by atoms with E-state index in [0.29, 0.717) is 12.5 Å². The number of aromatic nitrogens is 1. The number of rotatable bonds is 9. The van der Waals surface area contributed by atoms with E-state index in [9.17, 15) is 4.79 Å². The zero-order valence-electron chi connectivity index (χ0n) is 12.8. The Bertz CT molecular complexity index is 418. The molecule has 5 nitrogen and oxygen atoms in total. The third kappa shape index (κ3) is 5.88. The number of hydrogen-bond donors (Lipinski definition) is 1. The standard InChI is InChI=1S/C14H25N3O2S/c1-11(2)12-10-20-14(15-12)17(9-6-13(18)19)8-5-7-16(3)4/h10-11H,5-9H2,1-4H3,(H,18,19). The first-order valence-electron chi connectivity index (χ1n) is 6.97. The van der Waals surface area contributed by atoms with E-state index in [2.05, 4.69) is 34.0 Å². The van der Waals surface area contributed by atoms with Gasteiger partial charge < -0.3 is 14.9 Å². The largest absolute Gasteiger partial charge is 0.481 e. The zero-order chi connectivity index (χ0) is 15.1. The molecule has 1 rings (SSSR count). The van der Waals surface area contributed by atoms with Crippen molar-refractivity contribution in [3.8, 4) is 0 Å². The lowest BCUT2D eigenvalue weighted by Gasteiger charge is -2.22. The number of carboxylic acid groups (broad SMARTS) is 1. The van der Waals surface area contributed by atoms with Crippen molar-refractivity contribution >= 4 is 22.4 Å². The molecule has 0 aliphatic carbocycles. The molecule has 0 saturated heterocycles. The number of carbonyl (C=O) groups is 1. The third-order valence-electron chi connectivity index (χ3n) is 3.00. The highest BCUT2D eigenvalue weighted by Crippen LogP contribution is 2.25. The monoisotopic (exact) mass is 299 g/mol. The van der Waals surface area contributed by atoms with Gasteiger partial charge in [0, 0.05) is 18.5 Å². The van der Waals surface area contributed by atoms with Gasteiger partial charge in [0.25, 0.3) is 0 Å². The Morgan fingerprint density at radius 2 is 2.05 bits per heavy atom. The van der Waals surface area contributed by atoms with Crippen LogP contribution in [0.15, 0.2) is 5.38 Å². The lowest BCUT2D eigenvalue weighted by molar-refractivity contribution is -0.136. The second-order valence-corrected chi connectivity index (χ2v) is 6.33. The van der Waals surface area contributed by atoms with Crippen LogP contribution in [0.5, 0.6) is 0 Å². The van der Waals surface area contributed by atoms with Crippen molar-refractivity contribution in [3.63, 3.8) is 0 Å². The summed E-state index contributed by atoms with van der Waals surface area (Å²) in [6, 6.07) is 0. The summed E-state index contributed by atoms with van der Waals surface area (Å²) >= 11 is 1.60. The van der Waals surface area contributed by atoms with E-state index >= 15 is 0 Å². The third-order valence-corrected chi connectivity index (χ3v) is 3.92. The van der Waals surface area contributed by atoms with E-state index in [1.807, 2.05) is 14.1 Å². The molecule has 0 unspecified atom stereocenters. The summed E-state index contributed by atoms with van der Waals surface area (Å²) in [4.78, 5) is 19.6. The van der Waals surface area contributed by atoms with Crippen molar-refractivity contribution in [2.45, 2.75) is 32.6 Å². The van der Waals surface area contributed by atoms with Crippen molar-refractivity contribution in [1.29, 1.82) is 0 Å². The molecular weight excluding hydrogens is 274 g/mol. The minimum absolute atomic E-state index is 0.151. The second kappa shape index (κ2) is 8.21. The number of anilines is 1. The highest BCUT2D eigenvalue weighted by molar-refractivity contribution is 7.13. The van der Waals surface area contributed by atoms with Gasteiger partial charge in [0.2, 0.25) is 0 Å². The van der Waals surface area contributed by atoms with Crippen LogP contribution in [0, 0.1) is 0 Å². The van der Waals surface area contributed by atoms with Crippen molar-refractivity contribution in [1.82, 2.24) is 9.88 Å². The van der Waals surface area contributed by atoms with E-state index < -0.39 is 5.97 Å². The molecule has 0 aromatic carbocycles. The summed E-state index contributed by atoms with van der Waals surface area (Å²) in [5, 5.41) is 11.9. The zero-order valence-corrected chi connectivity index (χ0v) is 13.6. The summed E-state index contributed by atoms with van der Waals surface area (Å²) < 4.78 is 0. The molecular formula is C14H25N3O2S. The molecule has 1 aromatic heterocycles. The summed E-state index contributed by atoms with van der Waals surface area (Å²) in [5.41, 5.74) is 1.08. The quantitative estimate of drug-likeness (QED) is 0.759. The molecule has 114 valence electrons. The fourth-order valence-electron chi connectivity index (χ4n) is 1.80. The van der Waals surface area contributed by atoms with Crippen LogP contribution in [-0.2, 0) is 4.79 Å². The molecule has 6 heteroatoms. The van der Waals surface area contributed by atoms with Gasteiger partial charge in [-0.3, -0.25) is 4.79 Å². The number of aliphatic carboxylic acids is 1. The maximum atomic E-state index is 10.8. The summed E-state index contributed by atoms with van der Waals surface area (Å²) in [6.45, 7) is 6.59. The molecule has 0 spiro atoms. The fraction of sp³-hybridized carbons (Fsp3) is 0.714. The Morgan fingerprint density at radius 3 is 2.55 bits per heavy atom. The van der Waals surface area contributed by atoms with Crippen LogP contribution < -0.4 is 4.90 Å². The van der Waals surface area contributed by atoms with Crippen LogP contribution in [0.2, 0.25) is 0 Å². The van der Waals surface area contributed by atoms with Crippen LogP contribution >= 0.6 is 11.3 Å². The Hall–Kier alpha value is -1.14. The SMILES string of the molecule is CC(C)c1csc(N(CCCN(C)C)CCC(=O)O)n1. The van der Waals surface area contributed by atoms with Crippen molar-refractivity contribution in [3.05, 3.63) is 11.1 Å². The van der Waals surface area contributed by atoms with Gasteiger partial charge in [0.1, 0.15) is 0 Å². The lowest BCUT2D eigenvalue weighted by atomic mass is 10.2. The predicted octanol–water partition coefficient (Wildman–Crippen LogP) is 2.50. The highest BCUT2D eigenvalue weighted by Gasteiger charge is 2.14. The average Bonchev–Trinajstić information content (AvgIpc) is 2.82. The van der Waals surface area contributed by atoms with Crippen LogP contribution in [0.3, 0.4) is 0 Å². The van der Waals surface area contributed by atoms with Gasteiger partial charge in [0.15, 0.2) is 5.13 Å². The highest BCUT2D eigenvalue weighted by atomic mass is 32.1. The first-order valence-corrected chi connectivity index (χ1v) is 7.85. The number of carboxylic acids is 1. The average molecular weight is 299 g/mol. The van der Waals surface area contributed by atoms with Crippen LogP contribution in [0.25, 0.3) is 0 Å². The molecule has 20 heavy (non-hydrogen) atoms. The number of hydrogen-bond acceptors (Lipinski definition) is 5. The topological polar surface area (TPSA) is 56.7 Å². The Labute approximate surface area is 125 Å². The maximum absolute atomic E-state index is 10.8. The predicted molar refractivity (Wildman–Crippen MR) is 83.8 cm³/mol. The van der Waals surface area contributed by atoms with Gasteiger partial charge in [-0.1, -0.05) is 13.8 Å². The lowest BCUT2D eigenvalue weighted by Crippen LogP contribution is -2.29. The number of thiazole rings is 1. The molecule has 0 atom stereocenters. The minimum atomic E-state index is -0.761. The van der Waals surface area contributed by atoms with Crippen LogP contribution in [0.4, 0.5) is 5.13 Å². The molecule has 1 N–H and O–H groups in total. The molecule has 0 amide bonds. The Morgan fingerprint density at radius 1 is 1.35 bits per heavy atom. The minimum Gasteiger partial charge on any atom is -0.481 e. The van der Waals surface area contributed by atoms with Gasteiger partial charge in [-0.05, 0) is 33.0 Å². The van der Waals surface area contributed by atoms with E-state index in [-0.39, 0.29) is 6.42 Å². The van der Waals surface area contributed by atoms with Crippen LogP contribution in [-0.4, -0.2) is 54.7 Å². The van der Waals surface area contributed by atoms with Crippen LogP contribution in [0.1, 0.15) is 38.3 Å². The molecule has 0 aliphatic rings. The first kappa shape index (κ1) is 16.9. The van der Waals surface area contributed by atoms with Crippen molar-refractivity contribution < 1.29 is 9.90 Å². The molecule has 0 aliphatic heterocycles. The molecule has 1 aromatic rings. The van der Waals surface area contributed by atoms with E-state index in [0.717, 1.165) is 30.3 Å². The second-order valence-electron chi connectivity index (χ2n) is 5.50. The van der Waals surface area contributed by atoms with Gasteiger partial charge >= 0.3 is 5.97 Å². The molecule has 0 fully saturated rings. The molecule has 0 saturated carbocycles. The Balaban J connectivity index is 2.66. The van der Waals surface area contributed by atoms with Gasteiger partial charge in [0.05, 0.1) is 12.1 Å². The first-order chi connectivity index (χ1) is 9.40. The Kier molecular flexibility index (Phi) is 6.95. The smallest absolute Gasteiger partial charge is 0.305 e. The van der Waals surface area contributed by atoms with Gasteiger partial charge in [-0.2, -0.15) is 0 Å². The van der Waals surface area contributed by atoms with Crippen molar-refractivity contribution in [2.75, 3.05) is 38.6 Å². The number of nitrogens with zero attached hydrogens (tertiary/aromatic N) is 3. The molecule has 1 heterocycles. The molecule has 0 radical (unpaired) electrons. The summed E-state index contributed by atoms with van der Waals surface area (Å²) in [7, 11) is 4.09. The van der Waals surface area contributed by atoms with Crippen molar-refractivity contribution in [2.24, 2.45) is 0 Å². The maximum Gasteiger partial charge on any atom is 0.305 e. The van der Waals surface area contributed by atoms with E-state index in [4.69, 9.17) is 5.11 Å². The summed E-state index contributed by atoms with van der Waals surface area (Å²) in [5.74, 6) is -0.355. The van der Waals surface area contributed by atoms with Gasteiger partial charge in [-0.25, -0.2) is 4.98 Å². The summed E-state index contributed by atoms with van der Waals surface area (Å²) in [6.07, 6.45) is 1.15. The van der Waals surface area contributed by atoms with E-state index in [1.165, 1.54) is 0 Å². The normalized spacial score (nSPS) is 11.3.